The van der Waals surface area contributed by atoms with E-state index in [0.29, 0.717) is 6.54 Å². The van der Waals surface area contributed by atoms with E-state index in [9.17, 15) is 10.1 Å². The summed E-state index contributed by atoms with van der Waals surface area (Å²) in [7, 11) is 0. The van der Waals surface area contributed by atoms with E-state index in [1.54, 1.807) is 4.68 Å². The van der Waals surface area contributed by atoms with E-state index in [1.807, 2.05) is 30.3 Å². The molecule has 0 amide bonds. The first kappa shape index (κ1) is 10.1. The Hall–Kier alpha value is -2.44. The Morgan fingerprint density at radius 1 is 1.44 bits per heavy atom. The van der Waals surface area contributed by atoms with Crippen LogP contribution in [-0.4, -0.2) is 14.8 Å². The fourth-order valence-electron chi connectivity index (χ4n) is 1.30. The third-order valence-electron chi connectivity index (χ3n) is 1.93. The highest BCUT2D eigenvalue weighted by atomic mass is 16.7. The van der Waals surface area contributed by atoms with E-state index >= 15 is 0 Å². The second-order valence-electron chi connectivity index (χ2n) is 3.14. The summed E-state index contributed by atoms with van der Waals surface area (Å²) in [5.41, 5.74) is 4.15. The van der Waals surface area contributed by atoms with Crippen molar-refractivity contribution in [3.05, 3.63) is 64.2 Å². The average molecular weight is 219 g/mol. The smallest absolute Gasteiger partial charge is 0.264 e. The summed E-state index contributed by atoms with van der Waals surface area (Å²) < 4.78 is 2.63. The van der Waals surface area contributed by atoms with Crippen LogP contribution in [0.4, 0.5) is 0 Å². The lowest BCUT2D eigenvalue weighted by atomic mass is 10.2. The number of nitro groups is 1. The van der Waals surface area contributed by atoms with Gasteiger partial charge in [-0.1, -0.05) is 35.9 Å². The number of aromatic nitrogens is 3. The molecule has 0 N–H and O–H groups in total. The molecule has 82 valence electrons. The van der Waals surface area contributed by atoms with Crippen LogP contribution in [0.15, 0.2) is 43.0 Å². The SMILES string of the molecule is O=[N+]([O-])[N-][n+]1cnn(Cc2ccccc2)c1. The summed E-state index contributed by atoms with van der Waals surface area (Å²) in [5, 5.41) is 13.3. The molecule has 7 heteroatoms. The summed E-state index contributed by atoms with van der Waals surface area (Å²) in [6, 6.07) is 9.69. The minimum atomic E-state index is -0.769. The molecule has 0 bridgehead atoms. The van der Waals surface area contributed by atoms with Gasteiger partial charge in [0.05, 0.1) is 6.54 Å². The molecule has 0 aliphatic carbocycles. The lowest BCUT2D eigenvalue weighted by molar-refractivity contribution is -0.738. The lowest BCUT2D eigenvalue weighted by Crippen LogP contribution is -2.29. The molecule has 0 spiro atoms. The fourth-order valence-corrected chi connectivity index (χ4v) is 1.30. The molecule has 0 fully saturated rings. The van der Waals surface area contributed by atoms with E-state index in [-0.39, 0.29) is 0 Å². The van der Waals surface area contributed by atoms with Gasteiger partial charge < -0.3 is 0 Å². The zero-order chi connectivity index (χ0) is 11.4. The van der Waals surface area contributed by atoms with Crippen molar-refractivity contribution in [2.75, 3.05) is 0 Å². The first-order chi connectivity index (χ1) is 7.74. The zero-order valence-corrected chi connectivity index (χ0v) is 8.30. The van der Waals surface area contributed by atoms with Crippen molar-refractivity contribution in [1.29, 1.82) is 0 Å². The summed E-state index contributed by atoms with van der Waals surface area (Å²) in [5.74, 6) is 0. The van der Waals surface area contributed by atoms with Gasteiger partial charge in [-0.05, 0) is 5.56 Å². The van der Waals surface area contributed by atoms with Crippen molar-refractivity contribution in [3.63, 3.8) is 0 Å². The largest absolute Gasteiger partial charge is 0.282 e. The Morgan fingerprint density at radius 2 is 2.19 bits per heavy atom. The Labute approximate surface area is 91.0 Å². The van der Waals surface area contributed by atoms with Crippen molar-refractivity contribution in [1.82, 2.24) is 9.78 Å². The van der Waals surface area contributed by atoms with Crippen molar-refractivity contribution in [2.24, 2.45) is 0 Å². The van der Waals surface area contributed by atoms with E-state index in [4.69, 9.17) is 0 Å². The van der Waals surface area contributed by atoms with Gasteiger partial charge in [-0.25, -0.2) is 4.68 Å². The van der Waals surface area contributed by atoms with Gasteiger partial charge in [-0.3, -0.25) is 10.1 Å². The maximum absolute atomic E-state index is 10.1. The number of rotatable bonds is 4. The number of hydrogen-bond acceptors (Lipinski definition) is 3. The van der Waals surface area contributed by atoms with Crippen LogP contribution in [0.5, 0.6) is 0 Å². The summed E-state index contributed by atoms with van der Waals surface area (Å²) in [6.07, 6.45) is 2.74. The minimum absolute atomic E-state index is 0.557. The quantitative estimate of drug-likeness (QED) is 0.428. The van der Waals surface area contributed by atoms with E-state index < -0.39 is 5.03 Å². The monoisotopic (exact) mass is 219 g/mol. The van der Waals surface area contributed by atoms with Gasteiger partial charge in [-0.2, -0.15) is 4.68 Å². The Balaban J connectivity index is 2.06. The average Bonchev–Trinajstić information content (AvgIpc) is 2.66. The maximum Gasteiger partial charge on any atom is 0.282 e. The second kappa shape index (κ2) is 4.39. The van der Waals surface area contributed by atoms with Crippen LogP contribution in [0, 0.1) is 10.1 Å². The summed E-state index contributed by atoms with van der Waals surface area (Å²) in [4.78, 5) is 10.1. The van der Waals surface area contributed by atoms with Crippen molar-refractivity contribution < 1.29 is 9.71 Å². The molecule has 2 rings (SSSR count). The van der Waals surface area contributed by atoms with Crippen molar-refractivity contribution in [3.8, 4) is 0 Å². The Morgan fingerprint density at radius 3 is 2.88 bits per heavy atom. The summed E-state index contributed by atoms with van der Waals surface area (Å²) in [6.45, 7) is 0.557. The lowest BCUT2D eigenvalue weighted by Gasteiger charge is -1.98. The molecule has 0 saturated heterocycles. The first-order valence-corrected chi connectivity index (χ1v) is 4.58. The van der Waals surface area contributed by atoms with Gasteiger partial charge in [-0.15, -0.1) is 5.10 Å². The van der Waals surface area contributed by atoms with Gasteiger partial charge in [0.2, 0.25) is 0 Å². The molecule has 0 aliphatic rings. The van der Waals surface area contributed by atoms with E-state index in [1.165, 1.54) is 12.7 Å². The fraction of sp³-hybridized carbons (Fsp3) is 0.111. The highest BCUT2D eigenvalue weighted by molar-refractivity contribution is 5.14. The molecular formula is C9H9N5O2. The van der Waals surface area contributed by atoms with Crippen LogP contribution < -0.4 is 4.68 Å². The molecule has 1 heterocycles. The standard InChI is InChI=1S/C9H9N5O2/c15-14(16)11-13-7-10-12(8-13)6-9-4-2-1-3-5-9/h1-5,7-8H,6H2. The second-order valence-corrected chi connectivity index (χ2v) is 3.14. The molecule has 0 radical (unpaired) electrons. The van der Waals surface area contributed by atoms with Crippen LogP contribution in [-0.2, 0) is 6.54 Å². The topological polar surface area (TPSA) is 78.9 Å². The maximum atomic E-state index is 10.1. The number of benzene rings is 1. The minimum Gasteiger partial charge on any atom is -0.264 e. The molecule has 0 atom stereocenters. The highest BCUT2D eigenvalue weighted by Crippen LogP contribution is 1.99. The van der Waals surface area contributed by atoms with E-state index in [2.05, 4.69) is 10.6 Å². The third-order valence-corrected chi connectivity index (χ3v) is 1.93. The van der Waals surface area contributed by atoms with Gasteiger partial charge in [0, 0.05) is 5.03 Å². The molecule has 1 aromatic heterocycles. The molecule has 0 saturated carbocycles. The highest BCUT2D eigenvalue weighted by Gasteiger charge is 2.02. The Kier molecular flexibility index (Phi) is 2.77. The predicted octanol–water partition coefficient (Wildman–Crippen LogP) is 0.547. The molecule has 16 heavy (non-hydrogen) atoms. The van der Waals surface area contributed by atoms with Gasteiger partial charge in [0.15, 0.2) is 0 Å². The zero-order valence-electron chi connectivity index (χ0n) is 8.30. The van der Waals surface area contributed by atoms with Crippen molar-refractivity contribution >= 4 is 0 Å². The number of nitrogens with zero attached hydrogens (tertiary/aromatic N) is 5. The third kappa shape index (κ3) is 2.53. The van der Waals surface area contributed by atoms with Gasteiger partial charge in [0.1, 0.15) is 0 Å². The van der Waals surface area contributed by atoms with Crippen LogP contribution in [0.1, 0.15) is 5.56 Å². The summed E-state index contributed by atoms with van der Waals surface area (Å²) >= 11 is 0. The molecular weight excluding hydrogens is 210 g/mol. The molecule has 0 unspecified atom stereocenters. The van der Waals surface area contributed by atoms with Crippen molar-refractivity contribution in [2.45, 2.75) is 6.54 Å². The van der Waals surface area contributed by atoms with Crippen LogP contribution in [0.2, 0.25) is 0 Å². The Bertz CT molecular complexity index is 482. The van der Waals surface area contributed by atoms with Gasteiger partial charge >= 0.3 is 0 Å². The molecule has 7 nitrogen and oxygen atoms in total. The van der Waals surface area contributed by atoms with Crippen LogP contribution in [0.3, 0.4) is 0 Å². The number of hydrogen-bond donors (Lipinski definition) is 0. The van der Waals surface area contributed by atoms with E-state index in [0.717, 1.165) is 10.2 Å². The van der Waals surface area contributed by atoms with Crippen LogP contribution >= 0.6 is 0 Å². The molecule has 1 aromatic carbocycles. The van der Waals surface area contributed by atoms with Gasteiger partial charge in [0.25, 0.3) is 12.7 Å². The first-order valence-electron chi connectivity index (χ1n) is 4.58. The predicted molar refractivity (Wildman–Crippen MR) is 53.7 cm³/mol. The molecule has 2 aromatic rings. The molecule has 0 aliphatic heterocycles. The van der Waals surface area contributed by atoms with Crippen LogP contribution in [0.25, 0.3) is 5.53 Å². The normalized spacial score (nSPS) is 10.0.